The molecule has 5 rings (SSSR count). The molecule has 8 heteroatoms. The van der Waals surface area contributed by atoms with Crippen molar-refractivity contribution in [2.24, 2.45) is 4.99 Å². The van der Waals surface area contributed by atoms with Crippen LogP contribution in [0.15, 0.2) is 94.5 Å². The number of rotatable bonds is 6. The van der Waals surface area contributed by atoms with E-state index in [4.69, 9.17) is 14.5 Å². The van der Waals surface area contributed by atoms with Gasteiger partial charge in [0.2, 0.25) is 0 Å². The molecule has 0 fully saturated rings. The Morgan fingerprint density at radius 3 is 2.67 bits per heavy atom. The zero-order chi connectivity index (χ0) is 25.1. The quantitative estimate of drug-likeness (QED) is 0.382. The Balaban J connectivity index is 1.85. The van der Waals surface area contributed by atoms with E-state index in [-0.39, 0.29) is 12.2 Å². The minimum Gasteiger partial charge on any atom is -0.497 e. The van der Waals surface area contributed by atoms with E-state index in [2.05, 4.69) is 4.98 Å². The summed E-state index contributed by atoms with van der Waals surface area (Å²) in [6.07, 6.45) is 5.16. The summed E-state index contributed by atoms with van der Waals surface area (Å²) >= 11 is 1.27. The Bertz CT molecular complexity index is 1620. The number of carbonyl (C=O) groups excluding carboxylic acids is 1. The molecule has 180 valence electrons. The van der Waals surface area contributed by atoms with E-state index in [1.807, 2.05) is 66.7 Å². The predicted octanol–water partition coefficient (Wildman–Crippen LogP) is 3.34. The highest BCUT2D eigenvalue weighted by Crippen LogP contribution is 2.36. The van der Waals surface area contributed by atoms with Crippen LogP contribution in [0.2, 0.25) is 0 Å². The number of pyridine rings is 1. The lowest BCUT2D eigenvalue weighted by Gasteiger charge is -2.26. The monoisotopic (exact) mass is 497 g/mol. The summed E-state index contributed by atoms with van der Waals surface area (Å²) in [7, 11) is 1.58. The van der Waals surface area contributed by atoms with Crippen molar-refractivity contribution in [2.45, 2.75) is 13.0 Å². The lowest BCUT2D eigenvalue weighted by atomic mass is 9.93. The van der Waals surface area contributed by atoms with E-state index in [9.17, 15) is 9.59 Å². The first-order valence-electron chi connectivity index (χ1n) is 11.4. The van der Waals surface area contributed by atoms with Crippen LogP contribution in [-0.2, 0) is 9.53 Å². The molecule has 0 bridgehead atoms. The summed E-state index contributed by atoms with van der Waals surface area (Å²) in [6, 6.07) is 19.8. The van der Waals surface area contributed by atoms with Crippen molar-refractivity contribution in [1.82, 2.24) is 9.55 Å². The van der Waals surface area contributed by atoms with E-state index < -0.39 is 12.0 Å². The first kappa shape index (κ1) is 23.4. The molecule has 2 aromatic carbocycles. The zero-order valence-corrected chi connectivity index (χ0v) is 20.6. The first-order chi connectivity index (χ1) is 17.6. The standard InChI is InChI=1S/C28H23N3O4S/c1-3-35-27(33)23-24(19-10-5-4-6-11-19)30-28-31(25(23)20-12-7-13-21(16-20)34-2)26(32)22(36-28)15-18-9-8-14-29-17-18/h4-17,25H,3H2,1-2H3/b22-15-. The number of esters is 1. The van der Waals surface area contributed by atoms with E-state index >= 15 is 0 Å². The molecular weight excluding hydrogens is 474 g/mol. The van der Waals surface area contributed by atoms with Gasteiger partial charge in [-0.15, -0.1) is 0 Å². The fraction of sp³-hybridized carbons (Fsp3) is 0.143. The molecule has 36 heavy (non-hydrogen) atoms. The van der Waals surface area contributed by atoms with Crippen molar-refractivity contribution in [3.8, 4) is 5.75 Å². The number of carbonyl (C=O) groups is 1. The Kier molecular flexibility index (Phi) is 6.60. The number of hydrogen-bond acceptors (Lipinski definition) is 7. The smallest absolute Gasteiger partial charge is 0.338 e. The minimum atomic E-state index is -0.748. The number of thiazole rings is 1. The molecule has 0 radical (unpaired) electrons. The molecule has 0 spiro atoms. The van der Waals surface area contributed by atoms with Crippen molar-refractivity contribution >= 4 is 29.1 Å². The number of nitrogens with zero attached hydrogens (tertiary/aromatic N) is 3. The molecule has 0 N–H and O–H groups in total. The summed E-state index contributed by atoms with van der Waals surface area (Å²) < 4.78 is 13.0. The third-order valence-electron chi connectivity index (χ3n) is 5.77. The molecule has 0 saturated carbocycles. The molecule has 7 nitrogen and oxygen atoms in total. The number of methoxy groups -OCH3 is 1. The van der Waals surface area contributed by atoms with E-state index in [1.165, 1.54) is 11.3 Å². The summed E-state index contributed by atoms with van der Waals surface area (Å²) in [6.45, 7) is 1.95. The topological polar surface area (TPSA) is 82.8 Å². The molecule has 0 amide bonds. The second kappa shape index (κ2) is 10.1. The highest BCUT2D eigenvalue weighted by Gasteiger charge is 2.35. The molecule has 1 atom stereocenters. The van der Waals surface area contributed by atoms with Gasteiger partial charge in [-0.05, 0) is 42.3 Å². The van der Waals surface area contributed by atoms with Crippen LogP contribution >= 0.6 is 11.3 Å². The Morgan fingerprint density at radius 1 is 1.11 bits per heavy atom. The largest absolute Gasteiger partial charge is 0.497 e. The van der Waals surface area contributed by atoms with Gasteiger partial charge in [-0.25, -0.2) is 9.79 Å². The van der Waals surface area contributed by atoms with Gasteiger partial charge in [-0.2, -0.15) is 0 Å². The predicted molar refractivity (Wildman–Crippen MR) is 138 cm³/mol. The highest BCUT2D eigenvalue weighted by atomic mass is 32.1. The van der Waals surface area contributed by atoms with Gasteiger partial charge < -0.3 is 9.47 Å². The summed E-state index contributed by atoms with van der Waals surface area (Å²) in [5, 5.41) is 0. The second-order valence-corrected chi connectivity index (χ2v) is 9.00. The highest BCUT2D eigenvalue weighted by molar-refractivity contribution is 7.07. The molecule has 2 aromatic heterocycles. The number of fused-ring (bicyclic) bond motifs is 1. The van der Waals surface area contributed by atoms with Gasteiger partial charge in [0.25, 0.3) is 5.56 Å². The Labute approximate surface area is 211 Å². The van der Waals surface area contributed by atoms with Crippen LogP contribution in [-0.4, -0.2) is 29.2 Å². The maximum atomic E-state index is 13.8. The van der Waals surface area contributed by atoms with Gasteiger partial charge in [0.15, 0.2) is 4.80 Å². The Hall–Kier alpha value is -4.30. The van der Waals surface area contributed by atoms with Crippen molar-refractivity contribution < 1.29 is 14.3 Å². The van der Waals surface area contributed by atoms with Crippen LogP contribution < -0.4 is 19.6 Å². The summed E-state index contributed by atoms with van der Waals surface area (Å²) in [5.41, 5.74) is 2.82. The second-order valence-electron chi connectivity index (χ2n) is 7.99. The van der Waals surface area contributed by atoms with Gasteiger partial charge >= 0.3 is 5.97 Å². The van der Waals surface area contributed by atoms with Crippen LogP contribution in [0.25, 0.3) is 11.8 Å². The van der Waals surface area contributed by atoms with Gasteiger partial charge in [0.05, 0.1) is 35.6 Å². The average molecular weight is 498 g/mol. The van der Waals surface area contributed by atoms with Crippen molar-refractivity contribution in [1.29, 1.82) is 0 Å². The molecule has 4 aromatic rings. The van der Waals surface area contributed by atoms with Crippen LogP contribution in [0.5, 0.6) is 5.75 Å². The van der Waals surface area contributed by atoms with Gasteiger partial charge in [0.1, 0.15) is 5.75 Å². The lowest BCUT2D eigenvalue weighted by molar-refractivity contribution is -0.138. The van der Waals surface area contributed by atoms with Crippen LogP contribution in [0, 0.1) is 0 Å². The van der Waals surface area contributed by atoms with Gasteiger partial charge in [-0.1, -0.05) is 59.9 Å². The van der Waals surface area contributed by atoms with Crippen molar-refractivity contribution in [3.05, 3.63) is 121 Å². The third-order valence-corrected chi connectivity index (χ3v) is 6.75. The molecule has 0 aliphatic carbocycles. The van der Waals surface area contributed by atoms with Crippen LogP contribution in [0.4, 0.5) is 0 Å². The maximum Gasteiger partial charge on any atom is 0.338 e. The van der Waals surface area contributed by atoms with E-state index in [1.54, 1.807) is 37.1 Å². The molecule has 3 heterocycles. The SMILES string of the molecule is CCOC(=O)C1=C(c2ccccc2)N=c2s/c(=C\c3cccnc3)c(=O)n2C1c1cccc(OC)c1. The van der Waals surface area contributed by atoms with Crippen LogP contribution in [0.1, 0.15) is 29.7 Å². The lowest BCUT2D eigenvalue weighted by Crippen LogP contribution is -2.40. The number of aromatic nitrogens is 2. The number of benzene rings is 2. The average Bonchev–Trinajstić information content (AvgIpc) is 3.23. The fourth-order valence-corrected chi connectivity index (χ4v) is 5.18. The fourth-order valence-electron chi connectivity index (χ4n) is 4.18. The molecule has 1 unspecified atom stereocenters. The summed E-state index contributed by atoms with van der Waals surface area (Å²) in [4.78, 5) is 36.7. The number of hydrogen-bond donors (Lipinski definition) is 0. The minimum absolute atomic E-state index is 0.195. The summed E-state index contributed by atoms with van der Waals surface area (Å²) in [5.74, 6) is 0.0981. The normalized spacial score (nSPS) is 15.3. The van der Waals surface area contributed by atoms with Crippen LogP contribution in [0.3, 0.4) is 0 Å². The van der Waals surface area contributed by atoms with Gasteiger partial charge in [-0.3, -0.25) is 14.3 Å². The molecule has 1 aliphatic rings. The maximum absolute atomic E-state index is 13.8. The van der Waals surface area contributed by atoms with Crippen molar-refractivity contribution in [2.75, 3.05) is 13.7 Å². The van der Waals surface area contributed by atoms with Crippen molar-refractivity contribution in [3.63, 3.8) is 0 Å². The molecule has 0 saturated heterocycles. The number of ether oxygens (including phenoxy) is 2. The Morgan fingerprint density at radius 2 is 1.94 bits per heavy atom. The molecule has 1 aliphatic heterocycles. The molecular formula is C28H23N3O4S. The van der Waals surface area contributed by atoms with E-state index in [0.29, 0.717) is 26.4 Å². The first-order valence-corrected chi connectivity index (χ1v) is 12.2. The third kappa shape index (κ3) is 4.38. The zero-order valence-electron chi connectivity index (χ0n) is 19.8. The van der Waals surface area contributed by atoms with Gasteiger partial charge in [0, 0.05) is 18.0 Å². The van der Waals surface area contributed by atoms with E-state index in [0.717, 1.165) is 16.7 Å².